The highest BCUT2D eigenvalue weighted by Gasteiger charge is 2.18. The quantitative estimate of drug-likeness (QED) is 0.733. The van der Waals surface area contributed by atoms with Crippen molar-refractivity contribution in [2.24, 2.45) is 7.05 Å². The van der Waals surface area contributed by atoms with Crippen LogP contribution in [0.2, 0.25) is 0 Å². The monoisotopic (exact) mass is 352 g/mol. The fourth-order valence-corrected chi connectivity index (χ4v) is 3.13. The number of piperidine rings is 1. The van der Waals surface area contributed by atoms with Gasteiger partial charge in [0.15, 0.2) is 11.5 Å². The van der Waals surface area contributed by atoms with Gasteiger partial charge in [-0.2, -0.15) is 5.10 Å². The minimum atomic E-state index is -0.235. The Morgan fingerprint density at radius 2 is 2.27 bits per heavy atom. The molecular weight excluding hydrogens is 332 g/mol. The Labute approximate surface area is 150 Å². The summed E-state index contributed by atoms with van der Waals surface area (Å²) < 4.78 is 3.46. The molecule has 1 amide bonds. The number of hydrogen-bond donors (Lipinski definition) is 2. The van der Waals surface area contributed by atoms with Crippen LogP contribution in [0.4, 0.5) is 5.69 Å². The molecule has 1 unspecified atom stereocenters. The molecule has 9 heteroatoms. The normalized spacial score (nSPS) is 17.2. The van der Waals surface area contributed by atoms with E-state index in [-0.39, 0.29) is 5.91 Å². The lowest BCUT2D eigenvalue weighted by molar-refractivity contribution is 0.102. The molecule has 1 aliphatic rings. The summed E-state index contributed by atoms with van der Waals surface area (Å²) in [6.07, 6.45) is 4.06. The minimum absolute atomic E-state index is 0.235. The van der Waals surface area contributed by atoms with Crippen LogP contribution in [0.1, 0.15) is 29.4 Å². The molecule has 1 atom stereocenters. The molecule has 0 radical (unpaired) electrons. The topological polar surface area (TPSA) is 103 Å². The molecule has 4 rings (SSSR count). The molecule has 2 aromatic heterocycles. The number of nitrogens with one attached hydrogen (secondary N) is 2. The summed E-state index contributed by atoms with van der Waals surface area (Å²) in [7, 11) is 1.77. The van der Waals surface area contributed by atoms with Crippen LogP contribution < -0.4 is 10.6 Å². The van der Waals surface area contributed by atoms with Crippen molar-refractivity contribution in [1.82, 2.24) is 35.3 Å². The lowest BCUT2D eigenvalue weighted by Crippen LogP contribution is -2.32. The third-order valence-electron chi connectivity index (χ3n) is 4.48. The number of amides is 1. The first-order valence-electron chi connectivity index (χ1n) is 8.61. The highest BCUT2D eigenvalue weighted by molar-refractivity contribution is 6.03. The van der Waals surface area contributed by atoms with Gasteiger partial charge in [-0.05, 0) is 48.0 Å². The zero-order chi connectivity index (χ0) is 17.9. The Hall–Kier alpha value is -3.07. The predicted octanol–water partition coefficient (Wildman–Crippen LogP) is 1.25. The third-order valence-corrected chi connectivity index (χ3v) is 4.48. The van der Waals surface area contributed by atoms with Crippen LogP contribution in [0.25, 0.3) is 11.4 Å². The van der Waals surface area contributed by atoms with Crippen molar-refractivity contribution in [2.45, 2.75) is 18.9 Å². The van der Waals surface area contributed by atoms with Gasteiger partial charge in [-0.25, -0.2) is 4.68 Å². The van der Waals surface area contributed by atoms with Gasteiger partial charge in [-0.15, -0.1) is 5.10 Å². The molecule has 0 bridgehead atoms. The number of carbonyl (C=O) groups excluding carboxylic acids is 1. The van der Waals surface area contributed by atoms with E-state index in [4.69, 9.17) is 0 Å². The highest BCUT2D eigenvalue weighted by atomic mass is 16.1. The van der Waals surface area contributed by atoms with E-state index in [1.807, 2.05) is 35.1 Å². The van der Waals surface area contributed by atoms with E-state index in [9.17, 15) is 4.79 Å². The molecule has 26 heavy (non-hydrogen) atoms. The summed E-state index contributed by atoms with van der Waals surface area (Å²) in [5.41, 5.74) is 1.90. The van der Waals surface area contributed by atoms with Crippen LogP contribution in [0, 0.1) is 0 Å². The van der Waals surface area contributed by atoms with Crippen molar-refractivity contribution >= 4 is 11.6 Å². The number of aromatic nitrogens is 6. The zero-order valence-corrected chi connectivity index (χ0v) is 14.5. The molecule has 3 aromatic rings. The first-order chi connectivity index (χ1) is 12.7. The van der Waals surface area contributed by atoms with Gasteiger partial charge < -0.3 is 10.6 Å². The lowest BCUT2D eigenvalue weighted by Gasteiger charge is -2.22. The van der Waals surface area contributed by atoms with Gasteiger partial charge >= 0.3 is 0 Å². The van der Waals surface area contributed by atoms with Gasteiger partial charge in [0.2, 0.25) is 0 Å². The van der Waals surface area contributed by atoms with E-state index in [2.05, 4.69) is 31.3 Å². The Morgan fingerprint density at radius 3 is 3.04 bits per heavy atom. The van der Waals surface area contributed by atoms with Crippen molar-refractivity contribution in [3.63, 3.8) is 0 Å². The molecule has 0 saturated carbocycles. The molecule has 134 valence electrons. The van der Waals surface area contributed by atoms with Crippen LogP contribution in [-0.2, 0) is 7.05 Å². The maximum atomic E-state index is 12.5. The minimum Gasteiger partial charge on any atom is -0.321 e. The van der Waals surface area contributed by atoms with Crippen molar-refractivity contribution in [1.29, 1.82) is 0 Å². The number of carbonyl (C=O) groups is 1. The van der Waals surface area contributed by atoms with Crippen LogP contribution in [-0.4, -0.2) is 49.0 Å². The molecule has 1 saturated heterocycles. The predicted molar refractivity (Wildman–Crippen MR) is 95.6 cm³/mol. The van der Waals surface area contributed by atoms with E-state index in [0.717, 1.165) is 31.5 Å². The summed E-state index contributed by atoms with van der Waals surface area (Å²) >= 11 is 0. The number of nitrogens with zero attached hydrogens (tertiary/aromatic N) is 6. The van der Waals surface area contributed by atoms with Crippen LogP contribution in [0.15, 0.2) is 36.5 Å². The smallest absolute Gasteiger partial charge is 0.276 e. The van der Waals surface area contributed by atoms with E-state index in [1.165, 1.54) is 0 Å². The van der Waals surface area contributed by atoms with Crippen molar-refractivity contribution in [3.8, 4) is 11.4 Å². The van der Waals surface area contributed by atoms with E-state index in [1.54, 1.807) is 17.8 Å². The lowest BCUT2D eigenvalue weighted by atomic mass is 10.1. The van der Waals surface area contributed by atoms with Crippen molar-refractivity contribution < 1.29 is 4.79 Å². The number of tetrazole rings is 1. The maximum absolute atomic E-state index is 12.5. The molecule has 1 aromatic carbocycles. The zero-order valence-electron chi connectivity index (χ0n) is 14.5. The van der Waals surface area contributed by atoms with Crippen molar-refractivity contribution in [2.75, 3.05) is 18.4 Å². The van der Waals surface area contributed by atoms with Crippen molar-refractivity contribution in [3.05, 3.63) is 42.2 Å². The number of benzene rings is 1. The fourth-order valence-electron chi connectivity index (χ4n) is 3.13. The molecule has 0 aliphatic carbocycles. The Bertz CT molecular complexity index is 909. The summed E-state index contributed by atoms with van der Waals surface area (Å²) in [4.78, 5) is 12.5. The highest BCUT2D eigenvalue weighted by Crippen LogP contribution is 2.20. The molecule has 9 nitrogen and oxygen atoms in total. The van der Waals surface area contributed by atoms with Gasteiger partial charge in [0.25, 0.3) is 5.91 Å². The summed E-state index contributed by atoms with van der Waals surface area (Å²) in [5, 5.41) is 22.1. The van der Waals surface area contributed by atoms with Gasteiger partial charge in [-0.1, -0.05) is 12.1 Å². The third kappa shape index (κ3) is 3.33. The van der Waals surface area contributed by atoms with E-state index >= 15 is 0 Å². The van der Waals surface area contributed by atoms with Gasteiger partial charge in [-0.3, -0.25) is 9.48 Å². The van der Waals surface area contributed by atoms with Crippen LogP contribution >= 0.6 is 0 Å². The molecule has 0 spiro atoms. The molecule has 3 heterocycles. The van der Waals surface area contributed by atoms with E-state index < -0.39 is 0 Å². The number of aryl methyl sites for hydroxylation is 1. The van der Waals surface area contributed by atoms with Crippen LogP contribution in [0.5, 0.6) is 0 Å². The van der Waals surface area contributed by atoms with Gasteiger partial charge in [0.1, 0.15) is 0 Å². The van der Waals surface area contributed by atoms with Gasteiger partial charge in [0.05, 0.1) is 6.04 Å². The average Bonchev–Trinajstić information content (AvgIpc) is 3.32. The number of rotatable bonds is 4. The first-order valence-corrected chi connectivity index (χ1v) is 8.61. The second-order valence-electron chi connectivity index (χ2n) is 6.34. The Balaban J connectivity index is 1.48. The average molecular weight is 352 g/mol. The molecule has 2 N–H and O–H groups in total. The SMILES string of the molecule is Cn1nnnc1-c1cccc(NC(=O)c2ccn(C3CCCNC3)n2)c1. The van der Waals surface area contributed by atoms with E-state index in [0.29, 0.717) is 23.2 Å². The van der Waals surface area contributed by atoms with Gasteiger partial charge in [0, 0.05) is 31.0 Å². The standard InChI is InChI=1S/C17H20N8O/c1-24-16(20-22-23-24)12-4-2-5-13(10-12)19-17(26)15-7-9-25(21-15)14-6-3-8-18-11-14/h2,4-5,7,9-10,14,18H,3,6,8,11H2,1H3,(H,19,26). The molecular formula is C17H20N8O. The second-order valence-corrected chi connectivity index (χ2v) is 6.34. The largest absolute Gasteiger partial charge is 0.321 e. The Morgan fingerprint density at radius 1 is 1.35 bits per heavy atom. The first kappa shape index (κ1) is 16.4. The molecule has 1 fully saturated rings. The molecule has 1 aliphatic heterocycles. The summed E-state index contributed by atoms with van der Waals surface area (Å²) in [5.74, 6) is 0.399. The van der Waals surface area contributed by atoms with Crippen LogP contribution in [0.3, 0.4) is 0 Å². The number of anilines is 1. The maximum Gasteiger partial charge on any atom is 0.276 e. The Kier molecular flexibility index (Phi) is 4.44. The summed E-state index contributed by atoms with van der Waals surface area (Å²) in [6, 6.07) is 9.47. The summed E-state index contributed by atoms with van der Waals surface area (Å²) in [6.45, 7) is 1.93. The second kappa shape index (κ2) is 7.04. The fraction of sp³-hybridized carbons (Fsp3) is 0.353. The number of hydrogen-bond acceptors (Lipinski definition) is 6.